The van der Waals surface area contributed by atoms with E-state index in [9.17, 15) is 14.4 Å². The van der Waals surface area contributed by atoms with Crippen molar-refractivity contribution in [2.24, 2.45) is 0 Å². The number of carbonyl (C=O) groups is 3. The first-order valence-corrected chi connectivity index (χ1v) is 13.9. The highest BCUT2D eigenvalue weighted by Gasteiger charge is 2.39. The third-order valence-corrected chi connectivity index (χ3v) is 8.16. The van der Waals surface area contributed by atoms with Gasteiger partial charge in [0.1, 0.15) is 5.57 Å². The molecular formula is C30H34ClN3O3. The lowest BCUT2D eigenvalue weighted by Gasteiger charge is -2.26. The maximum atomic E-state index is 14.0. The Morgan fingerprint density at radius 3 is 1.92 bits per heavy atom. The number of para-hydroxylation sites is 1. The molecule has 7 heteroatoms. The van der Waals surface area contributed by atoms with Crippen LogP contribution in [0.25, 0.3) is 5.57 Å². The zero-order valence-electron chi connectivity index (χ0n) is 21.1. The van der Waals surface area contributed by atoms with Crippen LogP contribution in [0.15, 0.2) is 54.1 Å². The number of benzene rings is 2. The normalized spacial score (nSPS) is 18.5. The third kappa shape index (κ3) is 5.59. The number of hydrogen-bond donors (Lipinski definition) is 2. The molecule has 194 valence electrons. The zero-order chi connectivity index (χ0) is 25.8. The van der Waals surface area contributed by atoms with Gasteiger partial charge in [-0.15, -0.1) is 0 Å². The summed E-state index contributed by atoms with van der Waals surface area (Å²) in [5, 5.41) is 6.74. The number of carbonyl (C=O) groups excluding carboxylic acids is 3. The molecule has 2 aromatic carbocycles. The first kappa shape index (κ1) is 25.5. The van der Waals surface area contributed by atoms with Crippen molar-refractivity contribution < 1.29 is 14.4 Å². The molecule has 2 saturated carbocycles. The Morgan fingerprint density at radius 2 is 1.32 bits per heavy atom. The minimum absolute atomic E-state index is 0.0188. The van der Waals surface area contributed by atoms with E-state index < -0.39 is 11.8 Å². The molecule has 2 aromatic rings. The molecule has 5 rings (SSSR count). The maximum Gasteiger partial charge on any atom is 0.260 e. The zero-order valence-corrected chi connectivity index (χ0v) is 21.9. The number of fused-ring (bicyclic) bond motifs is 1. The van der Waals surface area contributed by atoms with Gasteiger partial charge < -0.3 is 15.5 Å². The predicted octanol–water partition coefficient (Wildman–Crippen LogP) is 5.54. The molecule has 0 spiro atoms. The Kier molecular flexibility index (Phi) is 7.94. The van der Waals surface area contributed by atoms with E-state index in [-0.39, 0.29) is 35.7 Å². The smallest absolute Gasteiger partial charge is 0.260 e. The van der Waals surface area contributed by atoms with Crippen molar-refractivity contribution >= 4 is 40.6 Å². The predicted molar refractivity (Wildman–Crippen MR) is 146 cm³/mol. The monoisotopic (exact) mass is 519 g/mol. The molecule has 3 aliphatic rings. The molecule has 0 aromatic heterocycles. The molecule has 2 fully saturated rings. The van der Waals surface area contributed by atoms with Crippen LogP contribution in [0.3, 0.4) is 0 Å². The van der Waals surface area contributed by atoms with Crippen molar-refractivity contribution in [3.63, 3.8) is 0 Å². The topological polar surface area (TPSA) is 78.5 Å². The molecule has 3 amide bonds. The van der Waals surface area contributed by atoms with Gasteiger partial charge in [-0.2, -0.15) is 0 Å². The molecule has 0 radical (unpaired) electrons. The Hall–Kier alpha value is -3.12. The van der Waals surface area contributed by atoms with Crippen LogP contribution in [0.4, 0.5) is 5.69 Å². The van der Waals surface area contributed by atoms with Crippen LogP contribution in [0.5, 0.6) is 0 Å². The summed E-state index contributed by atoms with van der Waals surface area (Å²) < 4.78 is 0. The van der Waals surface area contributed by atoms with E-state index in [0.29, 0.717) is 16.3 Å². The van der Waals surface area contributed by atoms with Gasteiger partial charge in [-0.3, -0.25) is 14.4 Å². The van der Waals surface area contributed by atoms with E-state index in [2.05, 4.69) is 10.6 Å². The van der Waals surface area contributed by atoms with Gasteiger partial charge in [0.2, 0.25) is 0 Å². The Balaban J connectivity index is 1.54. The molecule has 0 unspecified atom stereocenters. The van der Waals surface area contributed by atoms with E-state index in [1.165, 1.54) is 0 Å². The van der Waals surface area contributed by atoms with Crippen LogP contribution < -0.4 is 15.5 Å². The lowest BCUT2D eigenvalue weighted by molar-refractivity contribution is -0.125. The standard InChI is InChI=1S/C30H34ClN3O3/c31-24-17-9-7-11-20(24)19-34-25-18-10-8-16-23(25)26(30(34)37)27(28(35)32-21-12-3-1-4-13-21)29(36)33-22-14-5-2-6-15-22/h7-11,16-18,21-22H,1-6,12-15,19H2,(H,32,35)(H,33,36). The number of nitrogens with zero attached hydrogens (tertiary/aromatic N) is 1. The van der Waals surface area contributed by atoms with Crippen LogP contribution in [0.2, 0.25) is 5.02 Å². The molecule has 2 aliphatic carbocycles. The summed E-state index contributed by atoms with van der Waals surface area (Å²) in [6.07, 6.45) is 10.1. The second kappa shape index (κ2) is 11.5. The average molecular weight is 520 g/mol. The quantitative estimate of drug-likeness (QED) is 0.299. The fourth-order valence-electron chi connectivity index (χ4n) is 5.81. The molecule has 0 saturated heterocycles. The molecule has 0 atom stereocenters. The number of nitrogens with one attached hydrogen (secondary N) is 2. The molecule has 1 aliphatic heterocycles. The van der Waals surface area contributed by atoms with Crippen molar-refractivity contribution in [2.45, 2.75) is 82.8 Å². The van der Waals surface area contributed by atoms with Crippen molar-refractivity contribution in [2.75, 3.05) is 4.90 Å². The van der Waals surface area contributed by atoms with Crippen molar-refractivity contribution in [3.05, 3.63) is 70.3 Å². The number of amides is 3. The summed E-state index contributed by atoms with van der Waals surface area (Å²) in [5.41, 5.74) is 2.18. The van der Waals surface area contributed by atoms with Gasteiger partial charge in [-0.25, -0.2) is 0 Å². The Morgan fingerprint density at radius 1 is 0.784 bits per heavy atom. The molecule has 6 nitrogen and oxygen atoms in total. The average Bonchev–Trinajstić information content (AvgIpc) is 3.18. The van der Waals surface area contributed by atoms with Crippen molar-refractivity contribution in [1.82, 2.24) is 10.6 Å². The summed E-state index contributed by atoms with van der Waals surface area (Å²) in [6.45, 7) is 0.251. The minimum Gasteiger partial charge on any atom is -0.349 e. The van der Waals surface area contributed by atoms with Crippen LogP contribution in [-0.2, 0) is 20.9 Å². The summed E-state index contributed by atoms with van der Waals surface area (Å²) in [4.78, 5) is 43.1. The largest absolute Gasteiger partial charge is 0.349 e. The minimum atomic E-state index is -0.460. The van der Waals surface area contributed by atoms with E-state index in [1.807, 2.05) is 42.5 Å². The number of rotatable bonds is 6. The van der Waals surface area contributed by atoms with Crippen molar-refractivity contribution in [3.8, 4) is 0 Å². The van der Waals surface area contributed by atoms with Crippen LogP contribution in [0, 0.1) is 0 Å². The highest BCUT2D eigenvalue weighted by molar-refractivity contribution is 6.42. The highest BCUT2D eigenvalue weighted by atomic mass is 35.5. The number of hydrogen-bond acceptors (Lipinski definition) is 3. The summed E-state index contributed by atoms with van der Waals surface area (Å²) in [5.74, 6) is -1.27. The first-order chi connectivity index (χ1) is 18.0. The van der Waals surface area contributed by atoms with Gasteiger partial charge in [0, 0.05) is 22.7 Å². The van der Waals surface area contributed by atoms with Crippen molar-refractivity contribution in [1.29, 1.82) is 0 Å². The number of anilines is 1. The fourth-order valence-corrected chi connectivity index (χ4v) is 6.01. The van der Waals surface area contributed by atoms with E-state index in [4.69, 9.17) is 11.6 Å². The highest BCUT2D eigenvalue weighted by Crippen LogP contribution is 2.40. The SMILES string of the molecule is O=C(NC1CCCCC1)C(C(=O)NC1CCCCC1)=C1C(=O)N(Cc2ccccc2Cl)c2ccccc21. The molecule has 1 heterocycles. The van der Waals surface area contributed by atoms with Crippen LogP contribution in [-0.4, -0.2) is 29.8 Å². The van der Waals surface area contributed by atoms with Gasteiger partial charge in [0.25, 0.3) is 17.7 Å². The summed E-state index contributed by atoms with van der Waals surface area (Å²) in [6, 6.07) is 14.8. The van der Waals surface area contributed by atoms with Gasteiger partial charge in [-0.05, 0) is 43.4 Å². The molecule has 37 heavy (non-hydrogen) atoms. The third-order valence-electron chi connectivity index (χ3n) is 7.79. The maximum absolute atomic E-state index is 14.0. The molecule has 2 N–H and O–H groups in total. The van der Waals surface area contributed by atoms with Gasteiger partial charge in [0.15, 0.2) is 0 Å². The summed E-state index contributed by atoms with van der Waals surface area (Å²) in [7, 11) is 0. The van der Waals surface area contributed by atoms with E-state index in [1.54, 1.807) is 11.0 Å². The molecular weight excluding hydrogens is 486 g/mol. The molecule has 0 bridgehead atoms. The lowest BCUT2D eigenvalue weighted by atomic mass is 9.93. The van der Waals surface area contributed by atoms with E-state index >= 15 is 0 Å². The van der Waals surface area contributed by atoms with Crippen LogP contribution >= 0.6 is 11.6 Å². The number of halogens is 1. The van der Waals surface area contributed by atoms with Gasteiger partial charge in [-0.1, -0.05) is 86.5 Å². The van der Waals surface area contributed by atoms with E-state index in [0.717, 1.165) is 69.8 Å². The van der Waals surface area contributed by atoms with Gasteiger partial charge >= 0.3 is 0 Å². The Bertz CT molecular complexity index is 1180. The lowest BCUT2D eigenvalue weighted by Crippen LogP contribution is -2.44. The fraction of sp³-hybridized carbons (Fsp3) is 0.433. The second-order valence-corrected chi connectivity index (χ2v) is 10.8. The Labute approximate surface area is 223 Å². The van der Waals surface area contributed by atoms with Gasteiger partial charge in [0.05, 0.1) is 17.8 Å². The van der Waals surface area contributed by atoms with Crippen LogP contribution in [0.1, 0.15) is 75.3 Å². The first-order valence-electron chi connectivity index (χ1n) is 13.5. The summed E-state index contributed by atoms with van der Waals surface area (Å²) >= 11 is 6.42. The second-order valence-electron chi connectivity index (χ2n) is 10.4.